The molecule has 12 nitrogen and oxygen atoms in total. The Bertz CT molecular complexity index is 727. The average molecular weight is 460 g/mol. The normalized spacial score (nSPS) is 33.4. The summed E-state index contributed by atoms with van der Waals surface area (Å²) in [5.41, 5.74) is 0. The number of carbonyl (C=O) groups excluding carboxylic acids is 3. The molecule has 3 aliphatic heterocycles. The van der Waals surface area contributed by atoms with Crippen molar-refractivity contribution in [2.45, 2.75) is 82.9 Å². The summed E-state index contributed by atoms with van der Waals surface area (Å²) in [6.07, 6.45) is -2.76. The Hall–Kier alpha value is -1.83. The highest BCUT2D eigenvalue weighted by atomic mass is 16.8. The molecule has 0 radical (unpaired) electrons. The van der Waals surface area contributed by atoms with Crippen LogP contribution >= 0.6 is 0 Å². The molecule has 6 atom stereocenters. The Kier molecular flexibility index (Phi) is 7.42. The molecule has 0 unspecified atom stereocenters. The van der Waals surface area contributed by atoms with Gasteiger partial charge in [-0.15, -0.1) is 0 Å². The highest BCUT2D eigenvalue weighted by Gasteiger charge is 2.59. The van der Waals surface area contributed by atoms with Crippen LogP contribution in [0.3, 0.4) is 0 Å². The van der Waals surface area contributed by atoms with Crippen molar-refractivity contribution in [2.24, 2.45) is 0 Å². The minimum atomic E-state index is -0.878. The van der Waals surface area contributed by atoms with Gasteiger partial charge in [-0.2, -0.15) is 0 Å². The zero-order valence-electron chi connectivity index (χ0n) is 19.2. The number of hydrogen-bond donors (Lipinski definition) is 2. The van der Waals surface area contributed by atoms with Crippen LogP contribution < -0.4 is 10.6 Å². The molecule has 3 saturated heterocycles. The Balaban J connectivity index is 1.52. The zero-order valence-corrected chi connectivity index (χ0v) is 19.2. The van der Waals surface area contributed by atoms with Gasteiger partial charge in [0.25, 0.3) is 0 Å². The van der Waals surface area contributed by atoms with E-state index in [1.807, 2.05) is 13.8 Å². The smallest absolute Gasteiger partial charge is 0.325 e. The predicted octanol–water partition coefficient (Wildman–Crippen LogP) is -0.807. The Morgan fingerprint density at radius 2 is 1.72 bits per heavy atom. The molecule has 0 aromatic rings. The summed E-state index contributed by atoms with van der Waals surface area (Å²) < 4.78 is 39.6. The van der Waals surface area contributed by atoms with Crippen LogP contribution in [0.5, 0.6) is 0 Å². The lowest BCUT2D eigenvalue weighted by molar-refractivity contribution is -0.246. The number of esters is 1. The molecule has 182 valence electrons. The third-order valence-corrected chi connectivity index (χ3v) is 5.23. The maximum absolute atomic E-state index is 12.3. The number of ether oxygens (including phenoxy) is 7. The zero-order chi connectivity index (χ0) is 23.7. The topological polar surface area (TPSA) is 140 Å². The van der Waals surface area contributed by atoms with Gasteiger partial charge in [-0.1, -0.05) is 0 Å². The van der Waals surface area contributed by atoms with E-state index in [4.69, 9.17) is 28.4 Å². The molecular formula is C20H32N2O10. The lowest BCUT2D eigenvalue weighted by Crippen LogP contribution is -2.47. The molecule has 3 aliphatic rings. The fourth-order valence-electron chi connectivity index (χ4n) is 3.79. The third-order valence-electron chi connectivity index (χ3n) is 5.23. The number of hydrogen-bond acceptors (Lipinski definition) is 10. The second-order valence-corrected chi connectivity index (χ2v) is 8.80. The molecule has 0 aromatic heterocycles. The van der Waals surface area contributed by atoms with E-state index in [0.29, 0.717) is 6.61 Å². The van der Waals surface area contributed by atoms with Crippen molar-refractivity contribution < 1.29 is 47.5 Å². The van der Waals surface area contributed by atoms with E-state index in [1.54, 1.807) is 13.8 Å². The molecule has 3 fully saturated rings. The van der Waals surface area contributed by atoms with Crippen molar-refractivity contribution in [1.29, 1.82) is 0 Å². The van der Waals surface area contributed by atoms with Gasteiger partial charge in [-0.25, -0.2) is 0 Å². The van der Waals surface area contributed by atoms with Gasteiger partial charge in [-0.05, 0) is 34.6 Å². The van der Waals surface area contributed by atoms with Gasteiger partial charge in [0.05, 0.1) is 13.7 Å². The van der Waals surface area contributed by atoms with E-state index in [2.05, 4.69) is 15.4 Å². The highest BCUT2D eigenvalue weighted by molar-refractivity contribution is 5.89. The molecule has 2 amide bonds. The van der Waals surface area contributed by atoms with E-state index in [1.165, 1.54) is 14.0 Å². The quantitative estimate of drug-likeness (QED) is 0.442. The summed E-state index contributed by atoms with van der Waals surface area (Å²) in [6, 6.07) is -0.878. The molecule has 0 saturated carbocycles. The first-order valence-electron chi connectivity index (χ1n) is 10.5. The van der Waals surface area contributed by atoms with E-state index in [0.717, 1.165) is 0 Å². The van der Waals surface area contributed by atoms with Crippen LogP contribution in [-0.4, -0.2) is 93.0 Å². The first kappa shape index (κ1) is 24.8. The van der Waals surface area contributed by atoms with Crippen LogP contribution in [0, 0.1) is 0 Å². The lowest BCUT2D eigenvalue weighted by atomic mass is 10.1. The number of nitrogens with one attached hydrogen (secondary N) is 2. The predicted molar refractivity (Wildman–Crippen MR) is 106 cm³/mol. The van der Waals surface area contributed by atoms with E-state index >= 15 is 0 Å². The number of amides is 2. The molecule has 2 N–H and O–H groups in total. The minimum absolute atomic E-state index is 0.288. The summed E-state index contributed by atoms with van der Waals surface area (Å²) in [4.78, 5) is 35.3. The minimum Gasteiger partial charge on any atom is -0.468 e. The number of fused-ring (bicyclic) bond motifs is 1. The van der Waals surface area contributed by atoms with E-state index < -0.39 is 60.0 Å². The monoisotopic (exact) mass is 460 g/mol. The van der Waals surface area contributed by atoms with Crippen molar-refractivity contribution in [3.63, 3.8) is 0 Å². The van der Waals surface area contributed by atoms with Crippen molar-refractivity contribution in [1.82, 2.24) is 10.6 Å². The van der Waals surface area contributed by atoms with Gasteiger partial charge in [0, 0.05) is 0 Å². The SMILES string of the molecule is COC(=O)CNC(=O)[C@@H](C)NC(=O)CO[C@H]1O[C@H]([C@H]2COC(C)(C)O2)[C@@H]2OC(C)(C)O[C@H]12. The standard InChI is InChI=1S/C20H32N2O10/c1-10(17(25)21-7-13(24)26-6)22-12(23)9-27-18-16-15(31-20(4,5)32-16)14(29-18)11-8-28-19(2,3)30-11/h10-11,14-16,18H,7-9H2,1-6H3,(H,21,25)(H,22,23)/t10-,11-,14-,15+,16+,18+/m1/s1. The summed E-state index contributed by atoms with van der Waals surface area (Å²) in [7, 11) is 1.21. The molecular weight excluding hydrogens is 428 g/mol. The van der Waals surface area contributed by atoms with Crippen LogP contribution in [0.4, 0.5) is 0 Å². The number of carbonyl (C=O) groups is 3. The van der Waals surface area contributed by atoms with Crippen LogP contribution in [0.15, 0.2) is 0 Å². The van der Waals surface area contributed by atoms with Crippen molar-refractivity contribution >= 4 is 17.8 Å². The first-order chi connectivity index (χ1) is 14.9. The molecule has 12 heteroatoms. The average Bonchev–Trinajstić information content (AvgIpc) is 3.33. The number of methoxy groups -OCH3 is 1. The van der Waals surface area contributed by atoms with E-state index in [-0.39, 0.29) is 19.3 Å². The second kappa shape index (κ2) is 9.57. The number of rotatable bonds is 8. The van der Waals surface area contributed by atoms with Gasteiger partial charge < -0.3 is 43.8 Å². The molecule has 0 bridgehead atoms. The third kappa shape index (κ3) is 5.94. The Labute approximate surface area is 186 Å². The highest BCUT2D eigenvalue weighted by Crippen LogP contribution is 2.42. The van der Waals surface area contributed by atoms with Gasteiger partial charge in [-0.3, -0.25) is 14.4 Å². The second-order valence-electron chi connectivity index (χ2n) is 8.80. The molecule has 0 spiro atoms. The fourth-order valence-corrected chi connectivity index (χ4v) is 3.79. The van der Waals surface area contributed by atoms with E-state index in [9.17, 15) is 14.4 Å². The van der Waals surface area contributed by atoms with Crippen LogP contribution in [0.25, 0.3) is 0 Å². The maximum atomic E-state index is 12.3. The summed E-state index contributed by atoms with van der Waals surface area (Å²) >= 11 is 0. The molecule has 0 aliphatic carbocycles. The van der Waals surface area contributed by atoms with Gasteiger partial charge >= 0.3 is 5.97 Å². The molecule has 0 aromatic carbocycles. The van der Waals surface area contributed by atoms with Crippen molar-refractivity contribution in [3.05, 3.63) is 0 Å². The van der Waals surface area contributed by atoms with Crippen molar-refractivity contribution in [2.75, 3.05) is 26.9 Å². The van der Waals surface area contributed by atoms with Crippen molar-refractivity contribution in [3.8, 4) is 0 Å². The summed E-state index contributed by atoms with van der Waals surface area (Å²) in [5.74, 6) is -3.24. The molecule has 32 heavy (non-hydrogen) atoms. The van der Waals surface area contributed by atoms with Crippen LogP contribution in [0.2, 0.25) is 0 Å². The maximum Gasteiger partial charge on any atom is 0.325 e. The van der Waals surface area contributed by atoms with Crippen LogP contribution in [0.1, 0.15) is 34.6 Å². The first-order valence-corrected chi connectivity index (χ1v) is 10.5. The van der Waals surface area contributed by atoms with Crippen LogP contribution in [-0.2, 0) is 47.5 Å². The largest absolute Gasteiger partial charge is 0.468 e. The Morgan fingerprint density at radius 1 is 1.03 bits per heavy atom. The van der Waals surface area contributed by atoms with Gasteiger partial charge in [0.2, 0.25) is 11.8 Å². The van der Waals surface area contributed by atoms with Gasteiger partial charge in [0.15, 0.2) is 17.9 Å². The Morgan fingerprint density at radius 3 is 2.34 bits per heavy atom. The van der Waals surface area contributed by atoms with Gasteiger partial charge in [0.1, 0.15) is 43.6 Å². The molecule has 3 heterocycles. The lowest BCUT2D eigenvalue weighted by Gasteiger charge is -2.27. The fraction of sp³-hybridized carbons (Fsp3) is 0.850. The summed E-state index contributed by atoms with van der Waals surface area (Å²) in [5, 5.41) is 4.86. The summed E-state index contributed by atoms with van der Waals surface area (Å²) in [6.45, 7) is 8.37. The molecule has 3 rings (SSSR count).